The third-order valence-electron chi connectivity index (χ3n) is 2.17. The topological polar surface area (TPSA) is 78.9 Å². The van der Waals surface area contributed by atoms with E-state index >= 15 is 0 Å². The van der Waals surface area contributed by atoms with Crippen molar-refractivity contribution >= 4 is 33.7 Å². The van der Waals surface area contributed by atoms with Crippen LogP contribution in [0.5, 0.6) is 0 Å². The minimum Gasteiger partial charge on any atom is -0.481 e. The van der Waals surface area contributed by atoms with Crippen LogP contribution in [-0.4, -0.2) is 32.0 Å². The number of H-pyrrole nitrogens is 1. The predicted octanol–water partition coefficient (Wildman–Crippen LogP) is 2.72. The van der Waals surface area contributed by atoms with Crippen molar-refractivity contribution in [1.29, 1.82) is 0 Å². The van der Waals surface area contributed by atoms with Gasteiger partial charge in [0, 0.05) is 10.0 Å². The van der Waals surface area contributed by atoms with Crippen LogP contribution in [0.4, 0.5) is 0 Å². The van der Waals surface area contributed by atoms with Crippen molar-refractivity contribution in [2.24, 2.45) is 0 Å². The molecule has 0 atom stereocenters. The first-order valence-electron chi connectivity index (χ1n) is 5.10. The zero-order valence-corrected chi connectivity index (χ0v) is 11.9. The fourth-order valence-corrected chi connectivity index (χ4v) is 2.57. The summed E-state index contributed by atoms with van der Waals surface area (Å²) in [6, 6.07) is 5.90. The fourth-order valence-electron chi connectivity index (χ4n) is 1.37. The fraction of sp³-hybridized carbons (Fsp3) is 0.182. The number of aliphatic carboxylic acids is 1. The van der Waals surface area contributed by atoms with Crippen LogP contribution >= 0.6 is 27.7 Å². The number of nitrogens with zero attached hydrogens (tertiary/aromatic N) is 2. The molecule has 0 amide bonds. The highest BCUT2D eigenvalue weighted by Crippen LogP contribution is 2.27. The molecule has 1 aromatic carbocycles. The van der Waals surface area contributed by atoms with Gasteiger partial charge in [-0.3, -0.25) is 9.89 Å². The summed E-state index contributed by atoms with van der Waals surface area (Å²) < 4.78 is 0.924. The maximum atomic E-state index is 10.4. The van der Waals surface area contributed by atoms with Crippen molar-refractivity contribution in [1.82, 2.24) is 15.2 Å². The molecule has 0 aliphatic rings. The molecule has 2 N–H and O–H groups in total. The Morgan fingerprint density at radius 3 is 3.00 bits per heavy atom. The van der Waals surface area contributed by atoms with E-state index in [1.807, 2.05) is 25.1 Å². The van der Waals surface area contributed by atoms with Crippen LogP contribution < -0.4 is 0 Å². The van der Waals surface area contributed by atoms with Crippen molar-refractivity contribution in [2.45, 2.75) is 12.1 Å². The Labute approximate surface area is 116 Å². The van der Waals surface area contributed by atoms with Gasteiger partial charge in [-0.05, 0) is 24.6 Å². The van der Waals surface area contributed by atoms with Gasteiger partial charge in [0.25, 0.3) is 0 Å². The SMILES string of the molecule is Cc1ccc(-c2nc(SCC(=O)O)n[nH]2)c(Br)c1. The number of carboxylic acid groups (broad SMARTS) is 1. The van der Waals surface area contributed by atoms with Gasteiger partial charge in [-0.25, -0.2) is 4.98 Å². The van der Waals surface area contributed by atoms with Crippen LogP contribution in [0, 0.1) is 6.92 Å². The number of aryl methyl sites for hydroxylation is 1. The van der Waals surface area contributed by atoms with E-state index in [1.165, 1.54) is 0 Å². The first kappa shape index (κ1) is 13.1. The molecule has 0 saturated heterocycles. The number of hydrogen-bond acceptors (Lipinski definition) is 4. The molecule has 7 heteroatoms. The van der Waals surface area contributed by atoms with Gasteiger partial charge in [0.1, 0.15) is 0 Å². The van der Waals surface area contributed by atoms with Crippen molar-refractivity contribution < 1.29 is 9.90 Å². The predicted molar refractivity (Wildman–Crippen MR) is 72.6 cm³/mol. The Kier molecular flexibility index (Phi) is 4.03. The number of halogens is 1. The molecule has 0 bridgehead atoms. The third-order valence-corrected chi connectivity index (χ3v) is 3.66. The van der Waals surface area contributed by atoms with Crippen LogP contribution in [0.1, 0.15) is 5.56 Å². The summed E-state index contributed by atoms with van der Waals surface area (Å²) in [5.74, 6) is -0.315. The van der Waals surface area contributed by atoms with Gasteiger partial charge in [-0.2, -0.15) is 0 Å². The second-order valence-electron chi connectivity index (χ2n) is 3.63. The molecule has 18 heavy (non-hydrogen) atoms. The average molecular weight is 328 g/mol. The lowest BCUT2D eigenvalue weighted by Crippen LogP contribution is -1.97. The average Bonchev–Trinajstić information content (AvgIpc) is 2.75. The summed E-state index contributed by atoms with van der Waals surface area (Å²) in [6.45, 7) is 2.00. The van der Waals surface area contributed by atoms with Gasteiger partial charge in [0.2, 0.25) is 5.16 Å². The smallest absolute Gasteiger partial charge is 0.313 e. The summed E-state index contributed by atoms with van der Waals surface area (Å²) in [4.78, 5) is 14.7. The quantitative estimate of drug-likeness (QED) is 0.844. The molecule has 1 aromatic heterocycles. The Balaban J connectivity index is 2.21. The maximum absolute atomic E-state index is 10.4. The lowest BCUT2D eigenvalue weighted by atomic mass is 10.1. The summed E-state index contributed by atoms with van der Waals surface area (Å²) in [5, 5.41) is 15.8. The van der Waals surface area contributed by atoms with Crippen LogP contribution in [0.2, 0.25) is 0 Å². The second-order valence-corrected chi connectivity index (χ2v) is 5.43. The lowest BCUT2D eigenvalue weighted by Gasteiger charge is -2.01. The zero-order valence-electron chi connectivity index (χ0n) is 9.48. The largest absolute Gasteiger partial charge is 0.481 e. The molecule has 0 aliphatic heterocycles. The zero-order chi connectivity index (χ0) is 13.1. The molecule has 94 valence electrons. The summed E-state index contributed by atoms with van der Waals surface area (Å²) in [7, 11) is 0. The molecular weight excluding hydrogens is 318 g/mol. The van der Waals surface area contributed by atoms with Crippen LogP contribution in [0.25, 0.3) is 11.4 Å². The molecule has 5 nitrogen and oxygen atoms in total. The minimum atomic E-state index is -0.886. The van der Waals surface area contributed by atoms with Gasteiger partial charge >= 0.3 is 5.97 Å². The number of benzene rings is 1. The van der Waals surface area contributed by atoms with E-state index in [1.54, 1.807) is 0 Å². The van der Waals surface area contributed by atoms with Crippen LogP contribution in [0.15, 0.2) is 27.8 Å². The number of carbonyl (C=O) groups is 1. The molecule has 0 fully saturated rings. The number of carboxylic acids is 1. The summed E-state index contributed by atoms with van der Waals surface area (Å²) in [6.07, 6.45) is 0. The first-order valence-corrected chi connectivity index (χ1v) is 6.87. The van der Waals surface area contributed by atoms with E-state index in [0.29, 0.717) is 11.0 Å². The Hall–Kier alpha value is -1.34. The van der Waals surface area contributed by atoms with E-state index < -0.39 is 5.97 Å². The van der Waals surface area contributed by atoms with E-state index in [4.69, 9.17) is 5.11 Å². The van der Waals surface area contributed by atoms with Gasteiger partial charge < -0.3 is 5.11 Å². The Morgan fingerprint density at radius 2 is 2.33 bits per heavy atom. The van der Waals surface area contributed by atoms with Crippen molar-refractivity contribution in [3.05, 3.63) is 28.2 Å². The molecule has 0 aliphatic carbocycles. The number of aromatic nitrogens is 3. The normalized spacial score (nSPS) is 10.6. The highest BCUT2D eigenvalue weighted by Gasteiger charge is 2.10. The van der Waals surface area contributed by atoms with Crippen LogP contribution in [-0.2, 0) is 4.79 Å². The Morgan fingerprint density at radius 1 is 1.56 bits per heavy atom. The van der Waals surface area contributed by atoms with E-state index in [0.717, 1.165) is 27.4 Å². The van der Waals surface area contributed by atoms with Gasteiger partial charge in [-0.15, -0.1) is 5.10 Å². The second kappa shape index (κ2) is 5.53. The summed E-state index contributed by atoms with van der Waals surface area (Å²) >= 11 is 4.55. The lowest BCUT2D eigenvalue weighted by molar-refractivity contribution is -0.133. The van der Waals surface area contributed by atoms with E-state index in [2.05, 4.69) is 31.1 Å². The number of nitrogens with one attached hydrogen (secondary N) is 1. The highest BCUT2D eigenvalue weighted by molar-refractivity contribution is 9.10. The molecule has 2 aromatic rings. The molecule has 0 spiro atoms. The number of rotatable bonds is 4. The molecule has 0 unspecified atom stereocenters. The Bertz CT molecular complexity index is 585. The number of hydrogen-bond donors (Lipinski definition) is 2. The van der Waals surface area contributed by atoms with Gasteiger partial charge in [0.15, 0.2) is 5.82 Å². The maximum Gasteiger partial charge on any atom is 0.313 e. The van der Waals surface area contributed by atoms with Gasteiger partial charge in [-0.1, -0.05) is 33.8 Å². The summed E-state index contributed by atoms with van der Waals surface area (Å²) in [5.41, 5.74) is 2.04. The first-order chi connectivity index (χ1) is 8.56. The molecular formula is C11H10BrN3O2S. The number of aromatic amines is 1. The minimum absolute atomic E-state index is 0.0492. The number of thioether (sulfide) groups is 1. The molecule has 0 radical (unpaired) electrons. The van der Waals surface area contributed by atoms with Crippen molar-refractivity contribution in [3.63, 3.8) is 0 Å². The third kappa shape index (κ3) is 3.11. The van der Waals surface area contributed by atoms with Crippen molar-refractivity contribution in [2.75, 3.05) is 5.75 Å². The van der Waals surface area contributed by atoms with E-state index in [9.17, 15) is 4.79 Å². The monoisotopic (exact) mass is 327 g/mol. The highest BCUT2D eigenvalue weighted by atomic mass is 79.9. The molecule has 1 heterocycles. The molecule has 2 rings (SSSR count). The standard InChI is InChI=1S/C11H10BrN3O2S/c1-6-2-3-7(8(12)4-6)10-13-11(15-14-10)18-5-9(16)17/h2-4H,5H2,1H3,(H,16,17)(H,13,14,15). The van der Waals surface area contributed by atoms with E-state index in [-0.39, 0.29) is 5.75 Å². The van der Waals surface area contributed by atoms with Crippen molar-refractivity contribution in [3.8, 4) is 11.4 Å². The molecule has 0 saturated carbocycles. The van der Waals surface area contributed by atoms with Gasteiger partial charge in [0.05, 0.1) is 5.75 Å². The van der Waals surface area contributed by atoms with Crippen LogP contribution in [0.3, 0.4) is 0 Å².